The van der Waals surface area contributed by atoms with Gasteiger partial charge in [0.1, 0.15) is 0 Å². The first-order valence-electron chi connectivity index (χ1n) is 5.55. The molecule has 3 rings (SSSR count). The molecule has 0 atom stereocenters. The molecule has 1 aliphatic heterocycles. The molecule has 2 heteroatoms. The van der Waals surface area contributed by atoms with E-state index in [0.29, 0.717) is 5.41 Å². The number of hydrogen-bond donors (Lipinski definition) is 0. The van der Waals surface area contributed by atoms with Crippen LogP contribution in [0.1, 0.15) is 30.1 Å². The molecule has 2 nitrogen and oxygen atoms in total. The molecule has 1 saturated heterocycles. The van der Waals surface area contributed by atoms with Crippen LogP contribution in [0, 0.1) is 5.41 Å². The summed E-state index contributed by atoms with van der Waals surface area (Å²) in [6.45, 7) is 4.00. The summed E-state index contributed by atoms with van der Waals surface area (Å²) in [6, 6.07) is 7.97. The first-order valence-corrected chi connectivity index (χ1v) is 5.55. The van der Waals surface area contributed by atoms with Crippen molar-refractivity contribution in [3.8, 4) is 0 Å². The zero-order chi connectivity index (χ0) is 10.5. The van der Waals surface area contributed by atoms with E-state index in [1.807, 2.05) is 18.2 Å². The van der Waals surface area contributed by atoms with Gasteiger partial charge in [-0.3, -0.25) is 4.79 Å². The van der Waals surface area contributed by atoms with Gasteiger partial charge in [-0.2, -0.15) is 0 Å². The van der Waals surface area contributed by atoms with Crippen LogP contribution in [0.4, 0.5) is 5.69 Å². The maximum absolute atomic E-state index is 11.2. The molecule has 0 aromatic heterocycles. The zero-order valence-electron chi connectivity index (χ0n) is 8.99. The first-order chi connectivity index (χ1) is 7.19. The van der Waals surface area contributed by atoms with Crippen LogP contribution in [0.25, 0.3) is 0 Å². The Hall–Kier alpha value is -1.31. The van der Waals surface area contributed by atoms with Crippen molar-refractivity contribution in [1.82, 2.24) is 0 Å². The Bertz CT molecular complexity index is 412. The fourth-order valence-electron chi connectivity index (χ4n) is 2.36. The fraction of sp³-hybridized carbons (Fsp3) is 0.462. The van der Waals surface area contributed by atoms with Crippen molar-refractivity contribution in [2.45, 2.75) is 19.8 Å². The summed E-state index contributed by atoms with van der Waals surface area (Å²) in [6.07, 6.45) is 2.80. The van der Waals surface area contributed by atoms with Crippen LogP contribution in [0.3, 0.4) is 0 Å². The number of nitrogens with zero attached hydrogens (tertiary/aromatic N) is 1. The Morgan fingerprint density at radius 3 is 2.67 bits per heavy atom. The number of carbonyl (C=O) groups is 1. The Morgan fingerprint density at radius 1 is 1.33 bits per heavy atom. The number of Topliss-reactive ketones (excluding diaryl/α,β-unsaturated/α-hetero) is 1. The van der Waals surface area contributed by atoms with Crippen LogP contribution < -0.4 is 4.90 Å². The third-order valence-electron chi connectivity index (χ3n) is 3.63. The van der Waals surface area contributed by atoms with Crippen LogP contribution in [-0.2, 0) is 0 Å². The van der Waals surface area contributed by atoms with E-state index in [-0.39, 0.29) is 5.78 Å². The number of hydrogen-bond acceptors (Lipinski definition) is 2. The molecule has 0 radical (unpaired) electrons. The van der Waals surface area contributed by atoms with Gasteiger partial charge in [0, 0.05) is 29.8 Å². The van der Waals surface area contributed by atoms with Crippen LogP contribution in [0.15, 0.2) is 24.3 Å². The molecular weight excluding hydrogens is 186 g/mol. The molecule has 1 spiro atoms. The lowest BCUT2D eigenvalue weighted by Crippen LogP contribution is -2.48. The van der Waals surface area contributed by atoms with Crippen molar-refractivity contribution in [3.63, 3.8) is 0 Å². The Morgan fingerprint density at radius 2 is 2.07 bits per heavy atom. The van der Waals surface area contributed by atoms with E-state index in [1.165, 1.54) is 31.6 Å². The van der Waals surface area contributed by atoms with Crippen LogP contribution in [0.2, 0.25) is 0 Å². The van der Waals surface area contributed by atoms with E-state index in [0.717, 1.165) is 5.56 Å². The molecular formula is C13H15NO. The summed E-state index contributed by atoms with van der Waals surface area (Å²) in [5, 5.41) is 0. The number of ketones is 1. The summed E-state index contributed by atoms with van der Waals surface area (Å²) in [5.41, 5.74) is 2.70. The van der Waals surface area contributed by atoms with Gasteiger partial charge in [0.15, 0.2) is 5.78 Å². The van der Waals surface area contributed by atoms with Gasteiger partial charge in [-0.05, 0) is 31.9 Å². The van der Waals surface area contributed by atoms with Gasteiger partial charge >= 0.3 is 0 Å². The summed E-state index contributed by atoms with van der Waals surface area (Å²) in [7, 11) is 0. The van der Waals surface area contributed by atoms with E-state index in [1.54, 1.807) is 6.92 Å². The highest BCUT2D eigenvalue weighted by molar-refractivity contribution is 5.95. The molecule has 1 aliphatic carbocycles. The summed E-state index contributed by atoms with van der Waals surface area (Å²) in [4.78, 5) is 13.6. The third-order valence-corrected chi connectivity index (χ3v) is 3.63. The second kappa shape index (κ2) is 2.84. The van der Waals surface area contributed by atoms with E-state index < -0.39 is 0 Å². The summed E-state index contributed by atoms with van der Waals surface area (Å²) in [5.74, 6) is 0.151. The molecule has 1 heterocycles. The van der Waals surface area contributed by atoms with Gasteiger partial charge in [0.25, 0.3) is 0 Å². The molecule has 2 aliphatic rings. The minimum atomic E-state index is 0.151. The quantitative estimate of drug-likeness (QED) is 0.685. The highest BCUT2D eigenvalue weighted by Gasteiger charge is 2.52. The number of rotatable bonds is 2. The summed E-state index contributed by atoms with van der Waals surface area (Å²) < 4.78 is 0. The zero-order valence-corrected chi connectivity index (χ0v) is 8.99. The molecule has 0 N–H and O–H groups in total. The summed E-state index contributed by atoms with van der Waals surface area (Å²) >= 11 is 0. The lowest BCUT2D eigenvalue weighted by atomic mass is 9.95. The lowest BCUT2D eigenvalue weighted by Gasteiger charge is -2.42. The molecule has 15 heavy (non-hydrogen) atoms. The average Bonchev–Trinajstić information content (AvgIpc) is 2.95. The van der Waals surface area contributed by atoms with Gasteiger partial charge in [-0.15, -0.1) is 0 Å². The van der Waals surface area contributed by atoms with E-state index in [2.05, 4.69) is 11.0 Å². The number of carbonyl (C=O) groups excluding carboxylic acids is 1. The Labute approximate surface area is 89.9 Å². The van der Waals surface area contributed by atoms with E-state index in [9.17, 15) is 4.79 Å². The second-order valence-electron chi connectivity index (χ2n) is 4.96. The Kier molecular flexibility index (Phi) is 1.70. The molecule has 0 bridgehead atoms. The standard InChI is InChI=1S/C13H15NO/c1-10(15)11-3-2-4-12(7-11)14-8-13(9-14)5-6-13/h2-4,7H,5-6,8-9H2,1H3. The highest BCUT2D eigenvalue weighted by Crippen LogP contribution is 2.53. The van der Waals surface area contributed by atoms with Crippen LogP contribution >= 0.6 is 0 Å². The topological polar surface area (TPSA) is 20.3 Å². The van der Waals surface area contributed by atoms with Crippen LogP contribution in [0.5, 0.6) is 0 Å². The first kappa shape index (κ1) is 8.96. The van der Waals surface area contributed by atoms with Gasteiger partial charge in [-0.25, -0.2) is 0 Å². The fourth-order valence-corrected chi connectivity index (χ4v) is 2.36. The van der Waals surface area contributed by atoms with Crippen molar-refractivity contribution >= 4 is 11.5 Å². The third kappa shape index (κ3) is 1.44. The van der Waals surface area contributed by atoms with Crippen molar-refractivity contribution in [2.75, 3.05) is 18.0 Å². The largest absolute Gasteiger partial charge is 0.370 e. The van der Waals surface area contributed by atoms with Gasteiger partial charge in [0.2, 0.25) is 0 Å². The predicted molar refractivity (Wildman–Crippen MR) is 60.3 cm³/mol. The average molecular weight is 201 g/mol. The monoisotopic (exact) mass is 201 g/mol. The van der Waals surface area contributed by atoms with Crippen molar-refractivity contribution in [1.29, 1.82) is 0 Å². The second-order valence-corrected chi connectivity index (χ2v) is 4.96. The molecule has 1 saturated carbocycles. The van der Waals surface area contributed by atoms with Crippen molar-refractivity contribution in [2.24, 2.45) is 5.41 Å². The van der Waals surface area contributed by atoms with Crippen molar-refractivity contribution < 1.29 is 4.79 Å². The molecule has 2 fully saturated rings. The molecule has 1 aromatic carbocycles. The highest BCUT2D eigenvalue weighted by atomic mass is 16.1. The minimum absolute atomic E-state index is 0.151. The van der Waals surface area contributed by atoms with Gasteiger partial charge in [0.05, 0.1) is 0 Å². The van der Waals surface area contributed by atoms with Gasteiger partial charge in [-0.1, -0.05) is 12.1 Å². The molecule has 0 unspecified atom stereocenters. The normalized spacial score (nSPS) is 21.3. The van der Waals surface area contributed by atoms with Gasteiger partial charge < -0.3 is 4.90 Å². The van der Waals surface area contributed by atoms with Crippen LogP contribution in [-0.4, -0.2) is 18.9 Å². The molecule has 78 valence electrons. The lowest BCUT2D eigenvalue weighted by molar-refractivity contribution is 0.101. The smallest absolute Gasteiger partial charge is 0.159 e. The minimum Gasteiger partial charge on any atom is -0.370 e. The molecule has 0 amide bonds. The van der Waals surface area contributed by atoms with E-state index in [4.69, 9.17) is 0 Å². The number of benzene rings is 1. The van der Waals surface area contributed by atoms with E-state index >= 15 is 0 Å². The Balaban J connectivity index is 1.80. The SMILES string of the molecule is CC(=O)c1cccc(N2CC3(CC3)C2)c1. The molecule has 1 aromatic rings. The number of anilines is 1. The predicted octanol–water partition coefficient (Wildman–Crippen LogP) is 2.49. The maximum atomic E-state index is 11.2. The maximum Gasteiger partial charge on any atom is 0.159 e. The van der Waals surface area contributed by atoms with Crippen molar-refractivity contribution in [3.05, 3.63) is 29.8 Å².